The van der Waals surface area contributed by atoms with Crippen molar-refractivity contribution in [1.82, 2.24) is 9.80 Å². The minimum Gasteiger partial charge on any atom is -0.336 e. The van der Waals surface area contributed by atoms with E-state index in [9.17, 15) is 22.4 Å². The summed E-state index contributed by atoms with van der Waals surface area (Å²) in [5.41, 5.74) is -1.54. The summed E-state index contributed by atoms with van der Waals surface area (Å²) in [6.07, 6.45) is -4.59. The van der Waals surface area contributed by atoms with E-state index in [1.54, 1.807) is 0 Å². The van der Waals surface area contributed by atoms with Crippen molar-refractivity contribution >= 4 is 5.91 Å². The van der Waals surface area contributed by atoms with Crippen LogP contribution in [0.25, 0.3) is 0 Å². The molecule has 0 aromatic heterocycles. The van der Waals surface area contributed by atoms with Gasteiger partial charge < -0.3 is 9.80 Å². The lowest BCUT2D eigenvalue weighted by Gasteiger charge is -2.32. The van der Waals surface area contributed by atoms with Gasteiger partial charge >= 0.3 is 6.18 Å². The molecule has 2 rings (SSSR count). The molecule has 0 unspecified atom stereocenters. The predicted octanol–water partition coefficient (Wildman–Crippen LogP) is 2.23. The van der Waals surface area contributed by atoms with Gasteiger partial charge in [0.15, 0.2) is 0 Å². The Morgan fingerprint density at radius 2 is 1.75 bits per heavy atom. The molecule has 1 aliphatic heterocycles. The molecule has 20 heavy (non-hydrogen) atoms. The van der Waals surface area contributed by atoms with E-state index in [2.05, 4.69) is 0 Å². The first-order valence-electron chi connectivity index (χ1n) is 6.13. The van der Waals surface area contributed by atoms with Crippen molar-refractivity contribution in [2.45, 2.75) is 6.18 Å². The summed E-state index contributed by atoms with van der Waals surface area (Å²) in [6.45, 7) is 1.99. The molecule has 1 fully saturated rings. The number of nitrogens with zero attached hydrogens (tertiary/aromatic N) is 2. The molecule has 1 saturated heterocycles. The molecular formula is C13H14F4N2O. The van der Waals surface area contributed by atoms with Crippen molar-refractivity contribution in [3.05, 3.63) is 35.1 Å². The monoisotopic (exact) mass is 290 g/mol. The summed E-state index contributed by atoms with van der Waals surface area (Å²) in [6, 6.07) is 1.90. The van der Waals surface area contributed by atoms with Gasteiger partial charge in [-0.05, 0) is 25.2 Å². The van der Waals surface area contributed by atoms with Crippen LogP contribution in [0.2, 0.25) is 0 Å². The van der Waals surface area contributed by atoms with E-state index in [1.807, 2.05) is 11.9 Å². The van der Waals surface area contributed by atoms with Gasteiger partial charge in [-0.25, -0.2) is 4.39 Å². The molecule has 1 aromatic carbocycles. The number of piperazine rings is 1. The van der Waals surface area contributed by atoms with Crippen LogP contribution in [0.1, 0.15) is 15.9 Å². The number of halogens is 4. The van der Waals surface area contributed by atoms with E-state index in [4.69, 9.17) is 0 Å². The Labute approximate surface area is 113 Å². The molecule has 0 atom stereocenters. The van der Waals surface area contributed by atoms with Gasteiger partial charge in [0.1, 0.15) is 5.82 Å². The maximum absolute atomic E-state index is 13.6. The van der Waals surface area contributed by atoms with Crippen LogP contribution in [-0.2, 0) is 6.18 Å². The summed E-state index contributed by atoms with van der Waals surface area (Å²) >= 11 is 0. The van der Waals surface area contributed by atoms with Crippen molar-refractivity contribution in [2.24, 2.45) is 0 Å². The highest BCUT2D eigenvalue weighted by Gasteiger charge is 2.32. The molecule has 7 heteroatoms. The van der Waals surface area contributed by atoms with Crippen LogP contribution in [0, 0.1) is 5.82 Å². The predicted molar refractivity (Wildman–Crippen MR) is 64.8 cm³/mol. The lowest BCUT2D eigenvalue weighted by molar-refractivity contribution is -0.137. The Balaban J connectivity index is 2.25. The van der Waals surface area contributed by atoms with Gasteiger partial charge in [-0.2, -0.15) is 13.2 Å². The van der Waals surface area contributed by atoms with E-state index < -0.39 is 29.0 Å². The molecule has 0 bridgehead atoms. The third-order valence-corrected chi connectivity index (χ3v) is 3.31. The quantitative estimate of drug-likeness (QED) is 0.741. The number of hydrogen-bond donors (Lipinski definition) is 0. The van der Waals surface area contributed by atoms with Gasteiger partial charge in [-0.1, -0.05) is 0 Å². The number of likely N-dealkylation sites (N-methyl/N-ethyl adjacent to an activating group) is 1. The molecular weight excluding hydrogens is 276 g/mol. The third-order valence-electron chi connectivity index (χ3n) is 3.31. The third kappa shape index (κ3) is 3.09. The van der Waals surface area contributed by atoms with Crippen molar-refractivity contribution in [2.75, 3.05) is 33.2 Å². The molecule has 1 aromatic rings. The van der Waals surface area contributed by atoms with Gasteiger partial charge in [0.2, 0.25) is 0 Å². The second kappa shape index (κ2) is 5.40. The smallest absolute Gasteiger partial charge is 0.336 e. The zero-order valence-corrected chi connectivity index (χ0v) is 10.9. The van der Waals surface area contributed by atoms with Crippen LogP contribution in [0.4, 0.5) is 17.6 Å². The zero-order valence-electron chi connectivity index (χ0n) is 10.9. The fourth-order valence-electron chi connectivity index (χ4n) is 2.05. The molecule has 110 valence electrons. The van der Waals surface area contributed by atoms with Crippen LogP contribution in [-0.4, -0.2) is 48.9 Å². The SMILES string of the molecule is CN1CCN(C(=O)c2cc(C(F)(F)F)ccc2F)CC1. The van der Waals surface area contributed by atoms with Crippen LogP contribution in [0.5, 0.6) is 0 Å². The average Bonchev–Trinajstić information content (AvgIpc) is 2.38. The largest absolute Gasteiger partial charge is 0.416 e. The maximum Gasteiger partial charge on any atom is 0.416 e. The van der Waals surface area contributed by atoms with Crippen LogP contribution in [0.3, 0.4) is 0 Å². The van der Waals surface area contributed by atoms with Gasteiger partial charge in [0.25, 0.3) is 5.91 Å². The van der Waals surface area contributed by atoms with E-state index in [0.29, 0.717) is 44.4 Å². The molecule has 1 aliphatic rings. The highest BCUT2D eigenvalue weighted by atomic mass is 19.4. The molecule has 1 heterocycles. The van der Waals surface area contributed by atoms with E-state index in [-0.39, 0.29) is 0 Å². The zero-order chi connectivity index (χ0) is 14.9. The average molecular weight is 290 g/mol. The number of carbonyl (C=O) groups excluding carboxylic acids is 1. The Hall–Kier alpha value is -1.63. The van der Waals surface area contributed by atoms with Crippen molar-refractivity contribution < 1.29 is 22.4 Å². The van der Waals surface area contributed by atoms with Gasteiger partial charge in [0, 0.05) is 26.2 Å². The normalized spacial score (nSPS) is 17.4. The summed E-state index contributed by atoms with van der Waals surface area (Å²) in [4.78, 5) is 15.5. The topological polar surface area (TPSA) is 23.6 Å². The van der Waals surface area contributed by atoms with E-state index >= 15 is 0 Å². The molecule has 3 nitrogen and oxygen atoms in total. The van der Waals surface area contributed by atoms with E-state index in [0.717, 1.165) is 0 Å². The fraction of sp³-hybridized carbons (Fsp3) is 0.462. The van der Waals surface area contributed by atoms with Gasteiger partial charge in [-0.15, -0.1) is 0 Å². The van der Waals surface area contributed by atoms with Gasteiger partial charge in [0.05, 0.1) is 11.1 Å². The second-order valence-electron chi connectivity index (χ2n) is 4.79. The molecule has 0 saturated carbocycles. The number of hydrogen-bond acceptors (Lipinski definition) is 2. The molecule has 0 N–H and O–H groups in total. The second-order valence-corrected chi connectivity index (χ2v) is 4.79. The highest BCUT2D eigenvalue weighted by molar-refractivity contribution is 5.94. The summed E-state index contributed by atoms with van der Waals surface area (Å²) in [7, 11) is 1.88. The molecule has 0 spiro atoms. The van der Waals surface area contributed by atoms with Crippen molar-refractivity contribution in [3.8, 4) is 0 Å². The summed E-state index contributed by atoms with van der Waals surface area (Å²) in [5, 5.41) is 0. The number of amides is 1. The number of rotatable bonds is 1. The first kappa shape index (κ1) is 14.8. The van der Waals surface area contributed by atoms with Crippen LogP contribution in [0.15, 0.2) is 18.2 Å². The molecule has 1 amide bonds. The minimum atomic E-state index is -4.59. The fourth-order valence-corrected chi connectivity index (χ4v) is 2.05. The van der Waals surface area contributed by atoms with Crippen molar-refractivity contribution in [3.63, 3.8) is 0 Å². The molecule has 0 aliphatic carbocycles. The number of benzene rings is 1. The lowest BCUT2D eigenvalue weighted by atomic mass is 10.1. The maximum atomic E-state index is 13.6. The first-order valence-corrected chi connectivity index (χ1v) is 6.13. The lowest BCUT2D eigenvalue weighted by Crippen LogP contribution is -2.47. The summed E-state index contributed by atoms with van der Waals surface area (Å²) in [5.74, 6) is -1.62. The molecule has 0 radical (unpaired) electrons. The van der Waals surface area contributed by atoms with Crippen LogP contribution >= 0.6 is 0 Å². The summed E-state index contributed by atoms with van der Waals surface area (Å²) < 4.78 is 51.4. The highest BCUT2D eigenvalue weighted by Crippen LogP contribution is 2.30. The Morgan fingerprint density at radius 1 is 1.15 bits per heavy atom. The Morgan fingerprint density at radius 3 is 2.30 bits per heavy atom. The number of alkyl halides is 3. The Bertz CT molecular complexity index is 508. The minimum absolute atomic E-state index is 0.380. The number of carbonyl (C=O) groups is 1. The first-order chi connectivity index (χ1) is 9.29. The van der Waals surface area contributed by atoms with E-state index in [1.165, 1.54) is 4.90 Å². The standard InChI is InChI=1S/C13H14F4N2O/c1-18-4-6-19(7-5-18)12(20)10-8-9(13(15,16)17)2-3-11(10)14/h2-3,8H,4-7H2,1H3. The van der Waals surface area contributed by atoms with Crippen LogP contribution < -0.4 is 0 Å². The van der Waals surface area contributed by atoms with Crippen molar-refractivity contribution in [1.29, 1.82) is 0 Å². The van der Waals surface area contributed by atoms with Gasteiger partial charge in [-0.3, -0.25) is 4.79 Å². The Kier molecular flexibility index (Phi) is 3.99.